The molecule has 0 radical (unpaired) electrons. The highest BCUT2D eigenvalue weighted by Gasteiger charge is 2.35. The van der Waals surface area contributed by atoms with E-state index >= 15 is 0 Å². The van der Waals surface area contributed by atoms with Crippen molar-refractivity contribution in [3.05, 3.63) is 35.4 Å². The number of hydrogen-bond acceptors (Lipinski definition) is 2. The second-order valence-corrected chi connectivity index (χ2v) is 4.55. The van der Waals surface area contributed by atoms with E-state index in [0.717, 1.165) is 12.1 Å². The van der Waals surface area contributed by atoms with Crippen molar-refractivity contribution in [2.75, 3.05) is 6.61 Å². The fourth-order valence-corrected chi connectivity index (χ4v) is 1.60. The molecule has 2 N–H and O–H groups in total. The van der Waals surface area contributed by atoms with E-state index in [0.29, 0.717) is 0 Å². The third kappa shape index (κ3) is 3.96. The lowest BCUT2D eigenvalue weighted by Gasteiger charge is -2.21. The van der Waals surface area contributed by atoms with Gasteiger partial charge in [-0.1, -0.05) is 26.0 Å². The predicted octanol–water partition coefficient (Wildman–Crippen LogP) is 2.45. The molecule has 0 aliphatic carbocycles. The number of aliphatic hydroxyl groups is 1. The van der Waals surface area contributed by atoms with Gasteiger partial charge in [0.15, 0.2) is 0 Å². The van der Waals surface area contributed by atoms with E-state index in [1.165, 1.54) is 12.1 Å². The molecule has 19 heavy (non-hydrogen) atoms. The minimum atomic E-state index is -4.58. The molecular weight excluding hydrogens is 259 g/mol. The fraction of sp³-hybridized carbons (Fsp3) is 0.462. The van der Waals surface area contributed by atoms with Crippen LogP contribution in [0.3, 0.4) is 0 Å². The first-order valence-electron chi connectivity index (χ1n) is 5.85. The van der Waals surface area contributed by atoms with Crippen LogP contribution in [0.25, 0.3) is 0 Å². The summed E-state index contributed by atoms with van der Waals surface area (Å²) in [5.41, 5.74) is -1.41. The molecule has 0 aliphatic heterocycles. The molecule has 0 aliphatic rings. The molecule has 0 spiro atoms. The summed E-state index contributed by atoms with van der Waals surface area (Å²) in [7, 11) is 0. The third-order valence-corrected chi connectivity index (χ3v) is 2.80. The summed E-state index contributed by atoms with van der Waals surface area (Å²) < 4.78 is 38.3. The number of aliphatic hydroxyl groups excluding tert-OH is 1. The van der Waals surface area contributed by atoms with Crippen LogP contribution in [0, 0.1) is 5.92 Å². The van der Waals surface area contributed by atoms with Crippen LogP contribution in [0.1, 0.15) is 29.8 Å². The van der Waals surface area contributed by atoms with Crippen LogP contribution in [0.15, 0.2) is 24.3 Å². The van der Waals surface area contributed by atoms with Crippen molar-refractivity contribution in [1.82, 2.24) is 5.32 Å². The Kier molecular flexibility index (Phi) is 4.94. The Labute approximate surface area is 109 Å². The van der Waals surface area contributed by atoms with Crippen LogP contribution in [-0.2, 0) is 6.18 Å². The van der Waals surface area contributed by atoms with Gasteiger partial charge in [0, 0.05) is 0 Å². The molecule has 6 heteroatoms. The monoisotopic (exact) mass is 275 g/mol. The lowest BCUT2D eigenvalue weighted by molar-refractivity contribution is -0.137. The summed E-state index contributed by atoms with van der Waals surface area (Å²) >= 11 is 0. The van der Waals surface area contributed by atoms with Gasteiger partial charge >= 0.3 is 6.18 Å². The molecule has 3 nitrogen and oxygen atoms in total. The molecule has 106 valence electrons. The number of rotatable bonds is 4. The van der Waals surface area contributed by atoms with E-state index < -0.39 is 29.3 Å². The van der Waals surface area contributed by atoms with Gasteiger partial charge in [0.2, 0.25) is 0 Å². The highest BCUT2D eigenvalue weighted by Crippen LogP contribution is 2.31. The first kappa shape index (κ1) is 15.5. The van der Waals surface area contributed by atoms with Gasteiger partial charge in [0.05, 0.1) is 23.8 Å². The molecule has 0 heterocycles. The van der Waals surface area contributed by atoms with Gasteiger partial charge in [-0.05, 0) is 18.1 Å². The molecule has 0 unspecified atom stereocenters. The van der Waals surface area contributed by atoms with Gasteiger partial charge in [-0.2, -0.15) is 13.2 Å². The van der Waals surface area contributed by atoms with Crippen molar-refractivity contribution in [2.24, 2.45) is 5.92 Å². The van der Waals surface area contributed by atoms with E-state index in [1.54, 1.807) is 13.8 Å². The Morgan fingerprint density at radius 2 is 1.89 bits per heavy atom. The zero-order valence-corrected chi connectivity index (χ0v) is 10.7. The number of alkyl halides is 3. The van der Waals surface area contributed by atoms with Crippen molar-refractivity contribution in [2.45, 2.75) is 26.1 Å². The maximum Gasteiger partial charge on any atom is 0.417 e. The number of benzene rings is 1. The maximum atomic E-state index is 12.8. The summed E-state index contributed by atoms with van der Waals surface area (Å²) in [6, 6.07) is 4.00. The van der Waals surface area contributed by atoms with Crippen LogP contribution in [0.2, 0.25) is 0 Å². The first-order chi connectivity index (χ1) is 8.77. The summed E-state index contributed by atoms with van der Waals surface area (Å²) in [5, 5.41) is 11.5. The number of nitrogens with one attached hydrogen (secondary N) is 1. The third-order valence-electron chi connectivity index (χ3n) is 2.80. The smallest absolute Gasteiger partial charge is 0.394 e. The van der Waals surface area contributed by atoms with E-state index in [4.69, 9.17) is 5.11 Å². The van der Waals surface area contributed by atoms with Crippen LogP contribution < -0.4 is 5.32 Å². The van der Waals surface area contributed by atoms with E-state index in [2.05, 4.69) is 5.32 Å². The first-order valence-corrected chi connectivity index (χ1v) is 5.85. The van der Waals surface area contributed by atoms with Crippen LogP contribution >= 0.6 is 0 Å². The lowest BCUT2D eigenvalue weighted by atomic mass is 10.0. The summed E-state index contributed by atoms with van der Waals surface area (Å²) in [6.45, 7) is 3.20. The van der Waals surface area contributed by atoms with E-state index in [-0.39, 0.29) is 12.5 Å². The zero-order valence-electron chi connectivity index (χ0n) is 10.7. The van der Waals surface area contributed by atoms with Gasteiger partial charge < -0.3 is 10.4 Å². The van der Waals surface area contributed by atoms with Crippen LogP contribution in [0.4, 0.5) is 13.2 Å². The molecule has 1 aromatic rings. The molecular formula is C13H16F3NO2. The number of amides is 1. The maximum absolute atomic E-state index is 12.8. The molecule has 1 amide bonds. The van der Waals surface area contributed by atoms with Gasteiger partial charge in [-0.25, -0.2) is 0 Å². The Morgan fingerprint density at radius 1 is 1.32 bits per heavy atom. The molecule has 0 bridgehead atoms. The summed E-state index contributed by atoms with van der Waals surface area (Å²) in [4.78, 5) is 11.9. The van der Waals surface area contributed by atoms with Crippen molar-refractivity contribution in [1.29, 1.82) is 0 Å². The van der Waals surface area contributed by atoms with E-state index in [1.807, 2.05) is 0 Å². The number of carbonyl (C=O) groups is 1. The Hall–Kier alpha value is -1.56. The Balaban J connectivity index is 3.01. The molecule has 0 saturated carbocycles. The zero-order chi connectivity index (χ0) is 14.6. The van der Waals surface area contributed by atoms with Crippen molar-refractivity contribution in [3.63, 3.8) is 0 Å². The summed E-state index contributed by atoms with van der Waals surface area (Å²) in [5.74, 6) is -0.910. The quantitative estimate of drug-likeness (QED) is 0.886. The number of hydrogen-bond donors (Lipinski definition) is 2. The van der Waals surface area contributed by atoms with Gasteiger partial charge in [0.25, 0.3) is 5.91 Å². The minimum Gasteiger partial charge on any atom is -0.394 e. The van der Waals surface area contributed by atoms with Crippen molar-refractivity contribution >= 4 is 5.91 Å². The normalized spacial score (nSPS) is 13.4. The predicted molar refractivity (Wildman–Crippen MR) is 64.6 cm³/mol. The molecule has 1 aromatic carbocycles. The largest absolute Gasteiger partial charge is 0.417 e. The second-order valence-electron chi connectivity index (χ2n) is 4.55. The molecule has 0 aromatic heterocycles. The Bertz CT molecular complexity index is 444. The SMILES string of the molecule is CC(C)[C@@H](CO)NC(=O)c1ccccc1C(F)(F)F. The topological polar surface area (TPSA) is 49.3 Å². The average Bonchev–Trinajstić information content (AvgIpc) is 2.34. The van der Waals surface area contributed by atoms with Gasteiger partial charge in [0.1, 0.15) is 0 Å². The van der Waals surface area contributed by atoms with Crippen LogP contribution in [-0.4, -0.2) is 23.7 Å². The average molecular weight is 275 g/mol. The standard InChI is InChI=1S/C13H16F3NO2/c1-8(2)11(7-18)17-12(19)9-5-3-4-6-10(9)13(14,15)16/h3-6,8,11,18H,7H2,1-2H3,(H,17,19)/t11-/m1/s1. The van der Waals surface area contributed by atoms with E-state index in [9.17, 15) is 18.0 Å². The van der Waals surface area contributed by atoms with Crippen LogP contribution in [0.5, 0.6) is 0 Å². The second kappa shape index (κ2) is 6.06. The molecule has 0 saturated heterocycles. The molecule has 1 rings (SSSR count). The fourth-order valence-electron chi connectivity index (χ4n) is 1.60. The lowest BCUT2D eigenvalue weighted by Crippen LogP contribution is -2.41. The van der Waals surface area contributed by atoms with Gasteiger partial charge in [-0.15, -0.1) is 0 Å². The Morgan fingerprint density at radius 3 is 2.37 bits per heavy atom. The summed E-state index contributed by atoms with van der Waals surface area (Å²) in [6.07, 6.45) is -4.58. The minimum absolute atomic E-state index is 0.0769. The number of carbonyl (C=O) groups excluding carboxylic acids is 1. The molecule has 1 atom stereocenters. The number of halogens is 3. The highest BCUT2D eigenvalue weighted by molar-refractivity contribution is 5.96. The van der Waals surface area contributed by atoms with Crippen molar-refractivity contribution < 1.29 is 23.1 Å². The highest BCUT2D eigenvalue weighted by atomic mass is 19.4. The van der Waals surface area contributed by atoms with Crippen molar-refractivity contribution in [3.8, 4) is 0 Å². The van der Waals surface area contributed by atoms with Gasteiger partial charge in [-0.3, -0.25) is 4.79 Å². The molecule has 0 fully saturated rings.